The monoisotopic (exact) mass is 483 g/mol. The van der Waals surface area contributed by atoms with Crippen molar-refractivity contribution in [2.24, 2.45) is 0 Å². The number of aryl methyl sites for hydroxylation is 1. The molecule has 2 aromatic rings. The number of nitrogens with one attached hydrogen (secondary N) is 1. The van der Waals surface area contributed by atoms with Crippen LogP contribution in [0.2, 0.25) is 0 Å². The first-order valence-electron chi connectivity index (χ1n) is 10.2. The molecule has 1 amide bonds. The zero-order valence-electron chi connectivity index (χ0n) is 18.1. The van der Waals surface area contributed by atoms with E-state index < -0.39 is 66.5 Å². The Morgan fingerprint density at radius 3 is 2.53 bits per heavy atom. The number of fused-ring (bicyclic) bond motifs is 1. The maximum Gasteiger partial charge on any atom is 0.368 e. The molecule has 0 saturated carbocycles. The Balaban J connectivity index is 2.04. The van der Waals surface area contributed by atoms with Gasteiger partial charge in [0, 0.05) is 24.4 Å². The number of hydrogen-bond donors (Lipinski definition) is 7. The molecule has 7 N–H and O–H groups in total. The molecule has 1 aliphatic heterocycles. The highest BCUT2D eigenvalue weighted by Crippen LogP contribution is 2.34. The Bertz CT molecular complexity index is 1130. The second-order valence-corrected chi connectivity index (χ2v) is 7.99. The summed E-state index contributed by atoms with van der Waals surface area (Å²) in [4.78, 5) is 35.3. The van der Waals surface area contributed by atoms with Crippen LogP contribution < -0.4 is 15.7 Å². The van der Waals surface area contributed by atoms with E-state index in [1.54, 1.807) is 6.92 Å². The first-order valence-corrected chi connectivity index (χ1v) is 10.2. The van der Waals surface area contributed by atoms with E-state index in [1.807, 2.05) is 0 Å². The summed E-state index contributed by atoms with van der Waals surface area (Å²) in [5.74, 6) is -6.11. The van der Waals surface area contributed by atoms with Crippen molar-refractivity contribution >= 4 is 22.8 Å². The lowest BCUT2D eigenvalue weighted by Gasteiger charge is -2.48. The number of ether oxygens (including phenoxy) is 2. The van der Waals surface area contributed by atoms with Crippen LogP contribution in [0.1, 0.15) is 12.5 Å². The number of rotatable bonds is 7. The Morgan fingerprint density at radius 2 is 1.94 bits per heavy atom. The van der Waals surface area contributed by atoms with Gasteiger partial charge in [0.25, 0.3) is 0 Å². The molecule has 186 valence electrons. The average molecular weight is 483 g/mol. The number of benzene rings is 1. The van der Waals surface area contributed by atoms with Crippen LogP contribution in [0.3, 0.4) is 0 Å². The zero-order valence-corrected chi connectivity index (χ0v) is 18.1. The molecule has 1 saturated heterocycles. The summed E-state index contributed by atoms with van der Waals surface area (Å²) in [5.41, 5.74) is 0.0476. The summed E-state index contributed by atoms with van der Waals surface area (Å²) in [6.45, 7) is 1.78. The number of aliphatic hydroxyl groups excluding tert-OH is 4. The minimum atomic E-state index is -3.27. The van der Waals surface area contributed by atoms with Gasteiger partial charge in [0.15, 0.2) is 6.10 Å². The SMILES string of the molecule is CC(=O)N[C@H]1[C@H]([C@H](O)[C@H](O)CO)O[C@@](O)(C(=O)O)C(Oc2ccc3c(C)cc(=O)oc3c2)[C@@H]1O. The van der Waals surface area contributed by atoms with Gasteiger partial charge in [-0.2, -0.15) is 0 Å². The quantitative estimate of drug-likeness (QED) is 0.205. The molecule has 1 fully saturated rings. The lowest BCUT2D eigenvalue weighted by atomic mass is 9.86. The average Bonchev–Trinajstić information content (AvgIpc) is 2.76. The predicted molar refractivity (Wildman–Crippen MR) is 112 cm³/mol. The number of hydrogen-bond acceptors (Lipinski definition) is 11. The first kappa shape index (κ1) is 25.6. The molecular formula is C21H25NO12. The van der Waals surface area contributed by atoms with Crippen LogP contribution in [0, 0.1) is 6.92 Å². The minimum absolute atomic E-state index is 0.0883. The highest BCUT2D eigenvalue weighted by molar-refractivity contribution is 5.81. The van der Waals surface area contributed by atoms with Crippen LogP contribution in [0.5, 0.6) is 5.75 Å². The van der Waals surface area contributed by atoms with Crippen molar-refractivity contribution < 1.29 is 54.1 Å². The maximum absolute atomic E-state index is 12.0. The zero-order chi connectivity index (χ0) is 25.4. The minimum Gasteiger partial charge on any atom is -0.481 e. The molecule has 0 radical (unpaired) electrons. The van der Waals surface area contributed by atoms with E-state index in [0.29, 0.717) is 10.9 Å². The highest BCUT2D eigenvalue weighted by atomic mass is 16.7. The van der Waals surface area contributed by atoms with Gasteiger partial charge in [0.1, 0.15) is 35.7 Å². The summed E-state index contributed by atoms with van der Waals surface area (Å²) in [7, 11) is 0. The fourth-order valence-corrected chi connectivity index (χ4v) is 3.82. The van der Waals surface area contributed by atoms with Crippen molar-refractivity contribution in [3.05, 3.63) is 40.2 Å². The van der Waals surface area contributed by atoms with Crippen LogP contribution in [-0.4, -0.2) is 91.5 Å². The molecule has 0 aliphatic carbocycles. The number of carboxylic acids is 1. The van der Waals surface area contributed by atoms with E-state index in [-0.39, 0.29) is 11.3 Å². The summed E-state index contributed by atoms with van der Waals surface area (Å²) in [6, 6.07) is 3.82. The van der Waals surface area contributed by atoms with Gasteiger partial charge in [0.2, 0.25) is 5.91 Å². The van der Waals surface area contributed by atoms with Crippen molar-refractivity contribution in [3.63, 3.8) is 0 Å². The molecule has 0 spiro atoms. The molecule has 7 atom stereocenters. The lowest BCUT2D eigenvalue weighted by molar-refractivity contribution is -0.327. The molecule has 1 aliphatic rings. The van der Waals surface area contributed by atoms with E-state index in [1.165, 1.54) is 24.3 Å². The van der Waals surface area contributed by atoms with Crippen molar-refractivity contribution in [2.75, 3.05) is 6.61 Å². The van der Waals surface area contributed by atoms with Crippen molar-refractivity contribution in [3.8, 4) is 5.75 Å². The van der Waals surface area contributed by atoms with E-state index >= 15 is 0 Å². The van der Waals surface area contributed by atoms with Crippen LogP contribution in [0.15, 0.2) is 33.5 Å². The number of carboxylic acid groups (broad SMARTS) is 1. The Morgan fingerprint density at radius 1 is 1.26 bits per heavy atom. The van der Waals surface area contributed by atoms with Crippen LogP contribution in [0.25, 0.3) is 11.0 Å². The second-order valence-electron chi connectivity index (χ2n) is 7.99. The lowest BCUT2D eigenvalue weighted by Crippen LogP contribution is -2.74. The van der Waals surface area contributed by atoms with E-state index in [2.05, 4.69) is 5.32 Å². The Kier molecular flexibility index (Phi) is 7.26. The molecule has 13 nitrogen and oxygen atoms in total. The van der Waals surface area contributed by atoms with E-state index in [0.717, 1.165) is 6.92 Å². The number of carbonyl (C=O) groups excluding carboxylic acids is 1. The van der Waals surface area contributed by atoms with Gasteiger partial charge < -0.3 is 49.8 Å². The number of carbonyl (C=O) groups is 2. The van der Waals surface area contributed by atoms with Crippen molar-refractivity contribution in [1.29, 1.82) is 0 Å². The molecule has 1 aromatic carbocycles. The number of amides is 1. The molecule has 13 heteroatoms. The summed E-state index contributed by atoms with van der Waals surface area (Å²) in [5, 5.41) is 63.5. The fraction of sp³-hybridized carbons (Fsp3) is 0.476. The molecule has 1 aromatic heterocycles. The Labute approximate surface area is 191 Å². The van der Waals surface area contributed by atoms with Gasteiger partial charge in [-0.25, -0.2) is 9.59 Å². The topological polar surface area (TPSA) is 216 Å². The third-order valence-corrected chi connectivity index (χ3v) is 5.51. The molecule has 2 heterocycles. The maximum atomic E-state index is 12.0. The van der Waals surface area contributed by atoms with Crippen LogP contribution >= 0.6 is 0 Å². The fourth-order valence-electron chi connectivity index (χ4n) is 3.82. The largest absolute Gasteiger partial charge is 0.481 e. The van der Waals surface area contributed by atoms with Gasteiger partial charge in [-0.3, -0.25) is 4.79 Å². The summed E-state index contributed by atoms with van der Waals surface area (Å²) >= 11 is 0. The Hall–Kier alpha value is -3.07. The first-order chi connectivity index (χ1) is 15.9. The molecular weight excluding hydrogens is 458 g/mol. The van der Waals surface area contributed by atoms with Crippen LogP contribution in [0.4, 0.5) is 0 Å². The van der Waals surface area contributed by atoms with Gasteiger partial charge in [-0.1, -0.05) is 0 Å². The van der Waals surface area contributed by atoms with Gasteiger partial charge in [-0.15, -0.1) is 0 Å². The third kappa shape index (κ3) is 4.75. The van der Waals surface area contributed by atoms with Crippen molar-refractivity contribution in [1.82, 2.24) is 5.32 Å². The van der Waals surface area contributed by atoms with Gasteiger partial charge >= 0.3 is 17.4 Å². The van der Waals surface area contributed by atoms with E-state index in [4.69, 9.17) is 19.0 Å². The standard InChI is InChI=1S/C21H25NO12/c1-8-5-14(26)33-13-6-10(3-4-11(8)13)32-19-17(28)15(22-9(2)24)18(16(27)12(25)7-23)34-21(19,31)20(29)30/h3-6,12,15-19,23,25,27-28,31H,7H2,1-2H3,(H,22,24)(H,29,30)/t12-,15-,16-,17-,18-,19?,21-/m1/s1. The second kappa shape index (κ2) is 9.66. The molecule has 34 heavy (non-hydrogen) atoms. The van der Waals surface area contributed by atoms with Crippen molar-refractivity contribution in [2.45, 2.75) is 56.2 Å². The highest BCUT2D eigenvalue weighted by Gasteiger charge is 2.62. The summed E-state index contributed by atoms with van der Waals surface area (Å²) < 4.78 is 15.8. The third-order valence-electron chi connectivity index (χ3n) is 5.51. The van der Waals surface area contributed by atoms with Crippen LogP contribution in [-0.2, 0) is 14.3 Å². The number of aliphatic carboxylic acids is 1. The van der Waals surface area contributed by atoms with Gasteiger partial charge in [-0.05, 0) is 24.6 Å². The summed E-state index contributed by atoms with van der Waals surface area (Å²) in [6.07, 6.45) is -9.79. The van der Waals surface area contributed by atoms with E-state index in [9.17, 15) is 39.9 Å². The molecule has 0 bridgehead atoms. The predicted octanol–water partition coefficient (Wildman–Crippen LogP) is -2.40. The molecule has 1 unspecified atom stereocenters. The molecule has 3 rings (SSSR count). The smallest absolute Gasteiger partial charge is 0.368 e. The number of aliphatic hydroxyl groups is 5. The normalized spacial score (nSPS) is 28.8. The van der Waals surface area contributed by atoms with Gasteiger partial charge in [0.05, 0.1) is 12.6 Å².